The Labute approximate surface area is 131 Å². The molecular weight excluding hydrogens is 283 g/mol. The van der Waals surface area contributed by atoms with Crippen molar-refractivity contribution in [2.24, 2.45) is 0 Å². The monoisotopic (exact) mass is 308 g/mol. The fourth-order valence-corrected chi connectivity index (χ4v) is 3.00. The molecule has 0 atom stereocenters. The highest BCUT2D eigenvalue weighted by atomic mass is 19.1. The van der Waals surface area contributed by atoms with E-state index in [0.717, 1.165) is 18.7 Å². The smallest absolute Gasteiger partial charge is 0.236 e. The number of piperidine rings is 1. The highest BCUT2D eigenvalue weighted by Gasteiger charge is 2.34. The molecule has 0 bridgehead atoms. The van der Waals surface area contributed by atoms with E-state index in [1.54, 1.807) is 12.1 Å². The van der Waals surface area contributed by atoms with Crippen molar-refractivity contribution < 1.29 is 14.3 Å². The zero-order valence-electron chi connectivity index (χ0n) is 13.4. The van der Waals surface area contributed by atoms with Crippen LogP contribution in [-0.4, -0.2) is 53.5 Å². The number of likely N-dealkylation sites (tertiary alicyclic amines) is 1. The van der Waals surface area contributed by atoms with Crippen LogP contribution in [0.3, 0.4) is 0 Å². The fourth-order valence-electron chi connectivity index (χ4n) is 3.00. The lowest BCUT2D eigenvalue weighted by molar-refractivity contribution is -0.133. The molecule has 0 unspecified atom stereocenters. The molecule has 1 amide bonds. The van der Waals surface area contributed by atoms with Crippen molar-refractivity contribution in [2.45, 2.75) is 32.3 Å². The number of likely N-dealkylation sites (N-methyl/N-ethyl adjacent to an activating group) is 1. The minimum Gasteiger partial charge on any atom is -0.385 e. The van der Waals surface area contributed by atoms with Gasteiger partial charge in [0.1, 0.15) is 5.82 Å². The highest BCUT2D eigenvalue weighted by molar-refractivity contribution is 5.78. The number of hydrogen-bond acceptors (Lipinski definition) is 3. The van der Waals surface area contributed by atoms with Crippen LogP contribution in [0.5, 0.6) is 0 Å². The largest absolute Gasteiger partial charge is 0.385 e. The first-order valence-corrected chi connectivity index (χ1v) is 7.97. The molecular formula is C17H25FN2O2. The van der Waals surface area contributed by atoms with Crippen LogP contribution in [0, 0.1) is 5.82 Å². The average molecular weight is 308 g/mol. The molecule has 1 aromatic carbocycles. The topological polar surface area (TPSA) is 43.8 Å². The van der Waals surface area contributed by atoms with E-state index < -0.39 is 5.60 Å². The zero-order valence-corrected chi connectivity index (χ0v) is 13.4. The quantitative estimate of drug-likeness (QED) is 0.904. The molecule has 1 aliphatic rings. The van der Waals surface area contributed by atoms with Crippen LogP contribution in [0.4, 0.5) is 4.39 Å². The van der Waals surface area contributed by atoms with E-state index in [-0.39, 0.29) is 11.7 Å². The van der Waals surface area contributed by atoms with E-state index in [1.165, 1.54) is 12.1 Å². The van der Waals surface area contributed by atoms with E-state index in [1.807, 2.05) is 18.7 Å². The number of amides is 1. The molecule has 0 spiro atoms. The Balaban J connectivity index is 1.92. The first-order valence-electron chi connectivity index (χ1n) is 7.97. The predicted octanol–water partition coefficient (Wildman–Crippen LogP) is 1.98. The minimum atomic E-state index is -0.914. The standard InChI is InChI=1S/C17H25FN2O2/c1-3-20(4-2)16(21)13-19-11-9-17(22,10-12-19)14-5-7-15(18)8-6-14/h5-8,22H,3-4,9-13H2,1-2H3. The molecule has 0 aliphatic carbocycles. The summed E-state index contributed by atoms with van der Waals surface area (Å²) in [6.45, 7) is 7.14. The predicted molar refractivity (Wildman–Crippen MR) is 83.9 cm³/mol. The van der Waals surface area contributed by atoms with Crippen molar-refractivity contribution in [3.05, 3.63) is 35.6 Å². The van der Waals surface area contributed by atoms with E-state index in [2.05, 4.69) is 4.90 Å². The van der Waals surface area contributed by atoms with Gasteiger partial charge in [0.2, 0.25) is 5.91 Å². The summed E-state index contributed by atoms with van der Waals surface area (Å²) in [5, 5.41) is 10.7. The fraction of sp³-hybridized carbons (Fsp3) is 0.588. The highest BCUT2D eigenvalue weighted by Crippen LogP contribution is 2.32. The molecule has 5 heteroatoms. The van der Waals surface area contributed by atoms with Gasteiger partial charge < -0.3 is 10.0 Å². The van der Waals surface area contributed by atoms with Gasteiger partial charge in [-0.3, -0.25) is 9.69 Å². The number of carbonyl (C=O) groups excluding carboxylic acids is 1. The summed E-state index contributed by atoms with van der Waals surface area (Å²) in [4.78, 5) is 16.0. The first-order chi connectivity index (χ1) is 10.5. The third-order valence-corrected chi connectivity index (χ3v) is 4.54. The van der Waals surface area contributed by atoms with Gasteiger partial charge in [-0.25, -0.2) is 4.39 Å². The summed E-state index contributed by atoms with van der Waals surface area (Å²) in [5.41, 5.74) is -0.161. The second kappa shape index (κ2) is 7.20. The summed E-state index contributed by atoms with van der Waals surface area (Å²) < 4.78 is 13.0. The molecule has 1 saturated heterocycles. The van der Waals surface area contributed by atoms with Crippen LogP contribution < -0.4 is 0 Å². The maximum Gasteiger partial charge on any atom is 0.236 e. The SMILES string of the molecule is CCN(CC)C(=O)CN1CCC(O)(c2ccc(F)cc2)CC1. The molecule has 1 aliphatic heterocycles. The van der Waals surface area contributed by atoms with Crippen LogP contribution in [0.25, 0.3) is 0 Å². The molecule has 122 valence electrons. The van der Waals surface area contributed by atoms with E-state index in [4.69, 9.17) is 0 Å². The Kier molecular flexibility index (Phi) is 5.53. The maximum absolute atomic E-state index is 13.0. The molecule has 0 radical (unpaired) electrons. The van der Waals surface area contributed by atoms with Crippen LogP contribution >= 0.6 is 0 Å². The zero-order chi connectivity index (χ0) is 16.2. The second-order valence-electron chi connectivity index (χ2n) is 5.88. The number of halogens is 1. The summed E-state index contributed by atoms with van der Waals surface area (Å²) in [7, 11) is 0. The first kappa shape index (κ1) is 16.9. The number of rotatable bonds is 5. The van der Waals surface area contributed by atoms with E-state index >= 15 is 0 Å². The Hall–Kier alpha value is -1.46. The van der Waals surface area contributed by atoms with Gasteiger partial charge in [-0.1, -0.05) is 12.1 Å². The Morgan fingerprint density at radius 3 is 2.27 bits per heavy atom. The van der Waals surface area contributed by atoms with Gasteiger partial charge in [0.25, 0.3) is 0 Å². The summed E-state index contributed by atoms with van der Waals surface area (Å²) in [6, 6.07) is 6.05. The minimum absolute atomic E-state index is 0.136. The Morgan fingerprint density at radius 2 is 1.77 bits per heavy atom. The molecule has 1 fully saturated rings. The summed E-state index contributed by atoms with van der Waals surface area (Å²) >= 11 is 0. The molecule has 22 heavy (non-hydrogen) atoms. The summed E-state index contributed by atoms with van der Waals surface area (Å²) in [5.74, 6) is -0.160. The van der Waals surface area contributed by atoms with Crippen LogP contribution in [-0.2, 0) is 10.4 Å². The number of aliphatic hydroxyl groups is 1. The van der Waals surface area contributed by atoms with Crippen molar-refractivity contribution in [1.29, 1.82) is 0 Å². The van der Waals surface area contributed by atoms with Gasteiger partial charge in [-0.2, -0.15) is 0 Å². The van der Waals surface area contributed by atoms with Crippen molar-refractivity contribution in [2.75, 3.05) is 32.7 Å². The molecule has 1 aromatic rings. The Bertz CT molecular complexity index is 492. The van der Waals surface area contributed by atoms with Gasteiger partial charge >= 0.3 is 0 Å². The Morgan fingerprint density at radius 1 is 1.23 bits per heavy atom. The maximum atomic E-state index is 13.0. The van der Waals surface area contributed by atoms with Crippen molar-refractivity contribution >= 4 is 5.91 Å². The van der Waals surface area contributed by atoms with Crippen LogP contribution in [0.15, 0.2) is 24.3 Å². The molecule has 2 rings (SSSR count). The third kappa shape index (κ3) is 3.84. The number of hydrogen-bond donors (Lipinski definition) is 1. The van der Waals surface area contributed by atoms with Crippen molar-refractivity contribution in [3.63, 3.8) is 0 Å². The molecule has 1 heterocycles. The average Bonchev–Trinajstić information content (AvgIpc) is 2.51. The van der Waals surface area contributed by atoms with Crippen molar-refractivity contribution in [3.8, 4) is 0 Å². The van der Waals surface area contributed by atoms with Gasteiger partial charge in [-0.05, 0) is 44.4 Å². The van der Waals surface area contributed by atoms with Crippen LogP contribution in [0.2, 0.25) is 0 Å². The summed E-state index contributed by atoms with van der Waals surface area (Å²) in [6.07, 6.45) is 1.12. The van der Waals surface area contributed by atoms with E-state index in [9.17, 15) is 14.3 Å². The van der Waals surface area contributed by atoms with Gasteiger partial charge in [0.15, 0.2) is 0 Å². The second-order valence-corrected chi connectivity index (χ2v) is 5.88. The lowest BCUT2D eigenvalue weighted by atomic mass is 9.84. The lowest BCUT2D eigenvalue weighted by Gasteiger charge is -2.38. The number of benzene rings is 1. The van der Waals surface area contributed by atoms with Crippen LogP contribution in [0.1, 0.15) is 32.3 Å². The third-order valence-electron chi connectivity index (χ3n) is 4.54. The van der Waals surface area contributed by atoms with Crippen molar-refractivity contribution in [1.82, 2.24) is 9.80 Å². The van der Waals surface area contributed by atoms with E-state index in [0.29, 0.717) is 32.5 Å². The molecule has 1 N–H and O–H groups in total. The lowest BCUT2D eigenvalue weighted by Crippen LogP contribution is -2.47. The molecule has 0 saturated carbocycles. The molecule has 4 nitrogen and oxygen atoms in total. The normalized spacial score (nSPS) is 18.2. The van der Waals surface area contributed by atoms with Gasteiger partial charge in [0, 0.05) is 26.2 Å². The van der Waals surface area contributed by atoms with Gasteiger partial charge in [0.05, 0.1) is 12.1 Å². The molecule has 0 aromatic heterocycles. The number of carbonyl (C=O) groups is 1. The van der Waals surface area contributed by atoms with Gasteiger partial charge in [-0.15, -0.1) is 0 Å². The number of nitrogens with zero attached hydrogens (tertiary/aromatic N) is 2.